The maximum Gasteiger partial charge on any atom is 0.100 e. The SMILES string of the molecule is CC1OCCC1(C)NCc1cc(C#N)cs1. The molecule has 1 saturated heterocycles. The number of hydrogen-bond donors (Lipinski definition) is 1. The third-order valence-electron chi connectivity index (χ3n) is 3.34. The van der Waals surface area contributed by atoms with Gasteiger partial charge in [-0.3, -0.25) is 0 Å². The lowest BCUT2D eigenvalue weighted by Crippen LogP contribution is -2.47. The lowest BCUT2D eigenvalue weighted by atomic mass is 9.95. The van der Waals surface area contributed by atoms with Crippen LogP contribution in [-0.4, -0.2) is 18.2 Å². The third-order valence-corrected chi connectivity index (χ3v) is 4.27. The van der Waals surface area contributed by atoms with Crippen molar-refractivity contribution in [2.24, 2.45) is 0 Å². The summed E-state index contributed by atoms with van der Waals surface area (Å²) in [4.78, 5) is 1.21. The second kappa shape index (κ2) is 4.54. The van der Waals surface area contributed by atoms with Crippen molar-refractivity contribution in [1.29, 1.82) is 5.26 Å². The molecule has 86 valence electrons. The number of nitrogens with zero attached hydrogens (tertiary/aromatic N) is 1. The molecule has 3 nitrogen and oxygen atoms in total. The summed E-state index contributed by atoms with van der Waals surface area (Å²) >= 11 is 1.63. The van der Waals surface area contributed by atoms with Crippen LogP contribution < -0.4 is 5.32 Å². The molecule has 2 rings (SSSR count). The number of nitrogens with one attached hydrogen (secondary N) is 1. The topological polar surface area (TPSA) is 45.0 Å². The van der Waals surface area contributed by atoms with Crippen LogP contribution in [0.15, 0.2) is 11.4 Å². The number of hydrogen-bond acceptors (Lipinski definition) is 4. The molecule has 1 aliphatic heterocycles. The molecule has 0 aromatic carbocycles. The summed E-state index contributed by atoms with van der Waals surface area (Å²) < 4.78 is 5.57. The van der Waals surface area contributed by atoms with Gasteiger partial charge in [-0.2, -0.15) is 5.26 Å². The fourth-order valence-electron chi connectivity index (χ4n) is 1.89. The van der Waals surface area contributed by atoms with E-state index in [0.717, 1.165) is 25.1 Å². The van der Waals surface area contributed by atoms with Gasteiger partial charge >= 0.3 is 0 Å². The molecule has 0 amide bonds. The Kier molecular flexibility index (Phi) is 3.29. The average Bonchev–Trinajstić information content (AvgIpc) is 2.85. The molecule has 0 radical (unpaired) electrons. The second-order valence-electron chi connectivity index (χ2n) is 4.45. The predicted octanol–water partition coefficient (Wildman–Crippen LogP) is 2.28. The van der Waals surface area contributed by atoms with Crippen LogP contribution in [0.4, 0.5) is 0 Å². The highest BCUT2D eigenvalue weighted by molar-refractivity contribution is 7.10. The van der Waals surface area contributed by atoms with E-state index in [0.29, 0.717) is 0 Å². The van der Waals surface area contributed by atoms with E-state index in [9.17, 15) is 0 Å². The van der Waals surface area contributed by atoms with Crippen LogP contribution in [0.5, 0.6) is 0 Å². The van der Waals surface area contributed by atoms with Crippen molar-refractivity contribution >= 4 is 11.3 Å². The molecule has 0 aliphatic carbocycles. The van der Waals surface area contributed by atoms with E-state index in [1.54, 1.807) is 11.3 Å². The van der Waals surface area contributed by atoms with Gasteiger partial charge < -0.3 is 10.1 Å². The van der Waals surface area contributed by atoms with Gasteiger partial charge in [-0.25, -0.2) is 0 Å². The smallest absolute Gasteiger partial charge is 0.100 e. The van der Waals surface area contributed by atoms with Gasteiger partial charge in [-0.05, 0) is 26.3 Å². The minimum atomic E-state index is 0.0663. The molecule has 1 aromatic heterocycles. The lowest BCUT2D eigenvalue weighted by molar-refractivity contribution is 0.0882. The Morgan fingerprint density at radius 3 is 3.12 bits per heavy atom. The number of rotatable bonds is 3. The summed E-state index contributed by atoms with van der Waals surface area (Å²) in [5.74, 6) is 0. The maximum absolute atomic E-state index is 8.74. The van der Waals surface area contributed by atoms with Gasteiger partial charge in [0.05, 0.1) is 11.7 Å². The highest BCUT2D eigenvalue weighted by Gasteiger charge is 2.36. The Labute approximate surface area is 100 Å². The van der Waals surface area contributed by atoms with E-state index >= 15 is 0 Å². The second-order valence-corrected chi connectivity index (χ2v) is 5.44. The number of ether oxygens (including phenoxy) is 1. The molecule has 2 atom stereocenters. The molecule has 2 unspecified atom stereocenters. The van der Waals surface area contributed by atoms with Crippen molar-refractivity contribution in [3.8, 4) is 6.07 Å². The molecule has 2 heterocycles. The Balaban J connectivity index is 1.94. The van der Waals surface area contributed by atoms with Crippen molar-refractivity contribution in [3.05, 3.63) is 21.9 Å². The molecule has 1 aromatic rings. The van der Waals surface area contributed by atoms with Gasteiger partial charge in [-0.15, -0.1) is 11.3 Å². The van der Waals surface area contributed by atoms with Crippen molar-refractivity contribution < 1.29 is 4.74 Å². The number of nitriles is 1. The number of thiophene rings is 1. The van der Waals surface area contributed by atoms with Gasteiger partial charge in [0.2, 0.25) is 0 Å². The quantitative estimate of drug-likeness (QED) is 0.875. The molecule has 16 heavy (non-hydrogen) atoms. The zero-order valence-corrected chi connectivity index (χ0v) is 10.4. The molecule has 1 fully saturated rings. The minimum absolute atomic E-state index is 0.0663. The first-order chi connectivity index (χ1) is 7.64. The normalized spacial score (nSPS) is 29.2. The average molecular weight is 236 g/mol. The maximum atomic E-state index is 8.74. The Morgan fingerprint density at radius 1 is 1.75 bits per heavy atom. The van der Waals surface area contributed by atoms with Crippen LogP contribution in [0, 0.1) is 11.3 Å². The molecule has 0 spiro atoms. The van der Waals surface area contributed by atoms with Crippen molar-refractivity contribution in [2.45, 2.75) is 38.5 Å². The minimum Gasteiger partial charge on any atom is -0.377 e. The first-order valence-electron chi connectivity index (χ1n) is 5.48. The molecule has 1 aliphatic rings. The van der Waals surface area contributed by atoms with Gasteiger partial charge in [0.25, 0.3) is 0 Å². The van der Waals surface area contributed by atoms with E-state index < -0.39 is 0 Å². The third kappa shape index (κ3) is 2.27. The van der Waals surface area contributed by atoms with E-state index in [1.807, 2.05) is 11.4 Å². The highest BCUT2D eigenvalue weighted by atomic mass is 32.1. The van der Waals surface area contributed by atoms with Gasteiger partial charge in [-0.1, -0.05) is 0 Å². The first-order valence-corrected chi connectivity index (χ1v) is 6.36. The van der Waals surface area contributed by atoms with Crippen molar-refractivity contribution in [2.75, 3.05) is 6.61 Å². The molecular formula is C12H16N2OS. The molecule has 4 heteroatoms. The summed E-state index contributed by atoms with van der Waals surface area (Å²) in [6.07, 6.45) is 1.30. The molecule has 0 bridgehead atoms. The molecule has 1 N–H and O–H groups in total. The van der Waals surface area contributed by atoms with Crippen molar-refractivity contribution in [3.63, 3.8) is 0 Å². The Bertz CT molecular complexity index is 409. The largest absolute Gasteiger partial charge is 0.377 e. The van der Waals surface area contributed by atoms with Crippen LogP contribution in [0.1, 0.15) is 30.7 Å². The summed E-state index contributed by atoms with van der Waals surface area (Å²) in [6, 6.07) is 4.10. The summed E-state index contributed by atoms with van der Waals surface area (Å²) in [7, 11) is 0. The Morgan fingerprint density at radius 2 is 2.56 bits per heavy atom. The van der Waals surface area contributed by atoms with E-state index in [4.69, 9.17) is 10.00 Å². The van der Waals surface area contributed by atoms with Gasteiger partial charge in [0.1, 0.15) is 6.07 Å². The van der Waals surface area contributed by atoms with Crippen LogP contribution >= 0.6 is 11.3 Å². The highest BCUT2D eigenvalue weighted by Crippen LogP contribution is 2.26. The van der Waals surface area contributed by atoms with Crippen LogP contribution in [0.3, 0.4) is 0 Å². The van der Waals surface area contributed by atoms with Gasteiger partial charge in [0, 0.05) is 28.9 Å². The van der Waals surface area contributed by atoms with E-state index in [2.05, 4.69) is 25.2 Å². The zero-order chi connectivity index (χ0) is 11.6. The predicted molar refractivity (Wildman–Crippen MR) is 64.3 cm³/mol. The Hall–Kier alpha value is -0.890. The fraction of sp³-hybridized carbons (Fsp3) is 0.583. The summed E-state index contributed by atoms with van der Waals surface area (Å²) in [6.45, 7) is 5.95. The monoisotopic (exact) mass is 236 g/mol. The van der Waals surface area contributed by atoms with E-state index in [-0.39, 0.29) is 11.6 Å². The summed E-state index contributed by atoms with van der Waals surface area (Å²) in [5, 5.41) is 14.2. The van der Waals surface area contributed by atoms with Crippen LogP contribution in [0.25, 0.3) is 0 Å². The van der Waals surface area contributed by atoms with Gasteiger partial charge in [0.15, 0.2) is 0 Å². The molecular weight excluding hydrogens is 220 g/mol. The van der Waals surface area contributed by atoms with Crippen molar-refractivity contribution in [1.82, 2.24) is 5.32 Å². The lowest BCUT2D eigenvalue weighted by Gasteiger charge is -2.28. The zero-order valence-electron chi connectivity index (χ0n) is 9.62. The van der Waals surface area contributed by atoms with E-state index in [1.165, 1.54) is 4.88 Å². The molecule has 0 saturated carbocycles. The standard InChI is InChI=1S/C12H16N2OS/c1-9-12(2,3-4-15-9)14-7-11-5-10(6-13)8-16-11/h5,8-9,14H,3-4,7H2,1-2H3. The summed E-state index contributed by atoms with van der Waals surface area (Å²) in [5.41, 5.74) is 0.819. The fourth-order valence-corrected chi connectivity index (χ4v) is 2.64. The van der Waals surface area contributed by atoms with Crippen LogP contribution in [-0.2, 0) is 11.3 Å². The van der Waals surface area contributed by atoms with Crippen LogP contribution in [0.2, 0.25) is 0 Å². The first kappa shape index (κ1) is 11.6.